The zero-order valence-corrected chi connectivity index (χ0v) is 42.0. The average molecular weight is 893 g/mol. The predicted molar refractivity (Wildman–Crippen MR) is 274 cm³/mol. The predicted octanol–water partition coefficient (Wildman–Crippen LogP) is 17.8. The molecule has 0 heterocycles. The zero-order chi connectivity index (χ0) is 46.5. The van der Waals surface area contributed by atoms with Gasteiger partial charge in [-0.3, -0.25) is 14.4 Å². The summed E-state index contributed by atoms with van der Waals surface area (Å²) in [7, 11) is 0. The second kappa shape index (κ2) is 52.5. The highest BCUT2D eigenvalue weighted by molar-refractivity contribution is 5.71. The Morgan fingerprint density at radius 1 is 0.344 bits per heavy atom. The van der Waals surface area contributed by atoms with Crippen LogP contribution in [0.25, 0.3) is 0 Å². The molecule has 0 aliphatic heterocycles. The lowest BCUT2D eigenvalue weighted by molar-refractivity contribution is -0.167. The van der Waals surface area contributed by atoms with Gasteiger partial charge in [0.05, 0.1) is 0 Å². The molecule has 0 spiro atoms. The van der Waals surface area contributed by atoms with E-state index < -0.39 is 6.10 Å². The van der Waals surface area contributed by atoms with E-state index in [4.69, 9.17) is 14.2 Å². The van der Waals surface area contributed by atoms with Crippen LogP contribution >= 0.6 is 0 Å². The smallest absolute Gasteiger partial charge is 0.306 e. The molecule has 0 aromatic heterocycles. The molecule has 0 saturated carbocycles. The summed E-state index contributed by atoms with van der Waals surface area (Å²) < 4.78 is 16.8. The summed E-state index contributed by atoms with van der Waals surface area (Å²) in [6.07, 6.45) is 66.0. The maximum absolute atomic E-state index is 12.8. The van der Waals surface area contributed by atoms with Crippen molar-refractivity contribution < 1.29 is 28.6 Å². The fraction of sp³-hybridized carbons (Fsp3) is 0.741. The molecule has 0 aliphatic rings. The van der Waals surface area contributed by atoms with Gasteiger partial charge in [0, 0.05) is 19.3 Å². The number of esters is 3. The van der Waals surface area contributed by atoms with Crippen LogP contribution in [0.2, 0.25) is 0 Å². The van der Waals surface area contributed by atoms with Gasteiger partial charge in [0.2, 0.25) is 0 Å². The van der Waals surface area contributed by atoms with Gasteiger partial charge in [0.15, 0.2) is 6.10 Å². The number of carbonyl (C=O) groups excluding carboxylic acids is 3. The highest BCUT2D eigenvalue weighted by atomic mass is 16.6. The van der Waals surface area contributed by atoms with Crippen molar-refractivity contribution in [2.24, 2.45) is 0 Å². The fourth-order valence-electron chi connectivity index (χ4n) is 7.52. The van der Waals surface area contributed by atoms with Gasteiger partial charge in [0.1, 0.15) is 13.2 Å². The van der Waals surface area contributed by atoms with Gasteiger partial charge in [-0.2, -0.15) is 0 Å². The summed E-state index contributed by atoms with van der Waals surface area (Å²) >= 11 is 0. The Hall–Kier alpha value is -3.15. The van der Waals surface area contributed by atoms with E-state index in [1.165, 1.54) is 116 Å². The Balaban J connectivity index is 4.40. The van der Waals surface area contributed by atoms with Gasteiger partial charge in [-0.25, -0.2) is 0 Å². The monoisotopic (exact) mass is 893 g/mol. The van der Waals surface area contributed by atoms with Gasteiger partial charge < -0.3 is 14.2 Å². The van der Waals surface area contributed by atoms with Crippen molar-refractivity contribution in [1.82, 2.24) is 0 Å². The van der Waals surface area contributed by atoms with Crippen molar-refractivity contribution in [1.29, 1.82) is 0 Å². The van der Waals surface area contributed by atoms with Gasteiger partial charge in [-0.15, -0.1) is 0 Å². The molecular formula is C58H100O6. The molecule has 1 atom stereocenters. The van der Waals surface area contributed by atoms with Crippen molar-refractivity contribution >= 4 is 17.9 Å². The lowest BCUT2D eigenvalue weighted by Gasteiger charge is -2.18. The molecular weight excluding hydrogens is 793 g/mol. The van der Waals surface area contributed by atoms with Crippen LogP contribution in [-0.4, -0.2) is 37.2 Å². The van der Waals surface area contributed by atoms with Crippen LogP contribution in [0.4, 0.5) is 0 Å². The largest absolute Gasteiger partial charge is 0.462 e. The van der Waals surface area contributed by atoms with Crippen molar-refractivity contribution in [3.05, 3.63) is 72.9 Å². The minimum Gasteiger partial charge on any atom is -0.462 e. The molecule has 1 unspecified atom stereocenters. The fourth-order valence-corrected chi connectivity index (χ4v) is 7.52. The minimum atomic E-state index is -0.789. The van der Waals surface area contributed by atoms with Crippen LogP contribution in [0.15, 0.2) is 72.9 Å². The Morgan fingerprint density at radius 3 is 1.12 bits per heavy atom. The highest BCUT2D eigenvalue weighted by Crippen LogP contribution is 2.16. The average Bonchev–Trinajstić information content (AvgIpc) is 3.29. The lowest BCUT2D eigenvalue weighted by atomic mass is 10.0. The van der Waals surface area contributed by atoms with Gasteiger partial charge in [-0.1, -0.05) is 241 Å². The maximum Gasteiger partial charge on any atom is 0.306 e. The van der Waals surface area contributed by atoms with E-state index in [1.54, 1.807) is 0 Å². The van der Waals surface area contributed by atoms with Gasteiger partial charge >= 0.3 is 17.9 Å². The summed E-state index contributed by atoms with van der Waals surface area (Å²) in [5.41, 5.74) is 0. The molecule has 0 aromatic rings. The summed E-state index contributed by atoms with van der Waals surface area (Å²) in [5.74, 6) is -0.915. The number of hydrogen-bond acceptors (Lipinski definition) is 6. The SMILES string of the molecule is CC\C=C/C=C\C=C/CCCCCCCCCC(=O)OC(COC(=O)CCCCCC/C=C\C/C=C\C/C=C\CC)COC(=O)CCCCCCCCCCCCCCCCCCC. The first kappa shape index (κ1) is 60.9. The summed E-state index contributed by atoms with van der Waals surface area (Å²) in [6.45, 7) is 6.38. The van der Waals surface area contributed by atoms with Gasteiger partial charge in [0.25, 0.3) is 0 Å². The van der Waals surface area contributed by atoms with E-state index in [0.717, 1.165) is 103 Å². The molecule has 0 radical (unpaired) electrons. The van der Waals surface area contributed by atoms with E-state index in [9.17, 15) is 14.4 Å². The second-order valence-corrected chi connectivity index (χ2v) is 17.8. The number of unbranched alkanes of at least 4 members (excludes halogenated alkanes) is 27. The van der Waals surface area contributed by atoms with E-state index in [2.05, 4.69) is 93.7 Å². The molecule has 0 saturated heterocycles. The van der Waals surface area contributed by atoms with Crippen molar-refractivity contribution in [3.8, 4) is 0 Å². The van der Waals surface area contributed by atoms with E-state index in [-0.39, 0.29) is 31.1 Å². The molecule has 64 heavy (non-hydrogen) atoms. The van der Waals surface area contributed by atoms with Crippen LogP contribution in [0.3, 0.4) is 0 Å². The van der Waals surface area contributed by atoms with E-state index in [1.807, 2.05) is 0 Å². The Labute approximate surface area is 395 Å². The molecule has 368 valence electrons. The number of hydrogen-bond donors (Lipinski definition) is 0. The summed E-state index contributed by atoms with van der Waals surface area (Å²) in [4.78, 5) is 38.0. The van der Waals surface area contributed by atoms with Crippen LogP contribution < -0.4 is 0 Å². The molecule has 0 fully saturated rings. The van der Waals surface area contributed by atoms with E-state index in [0.29, 0.717) is 19.3 Å². The maximum atomic E-state index is 12.8. The molecule has 6 heteroatoms. The molecule has 0 bridgehead atoms. The summed E-state index contributed by atoms with van der Waals surface area (Å²) in [5, 5.41) is 0. The lowest BCUT2D eigenvalue weighted by Crippen LogP contribution is -2.30. The molecule has 0 rings (SSSR count). The molecule has 0 aromatic carbocycles. The van der Waals surface area contributed by atoms with Gasteiger partial charge in [-0.05, 0) is 70.6 Å². The zero-order valence-electron chi connectivity index (χ0n) is 42.0. The van der Waals surface area contributed by atoms with E-state index >= 15 is 0 Å². The van der Waals surface area contributed by atoms with Crippen molar-refractivity contribution in [2.45, 2.75) is 264 Å². The third kappa shape index (κ3) is 49.9. The number of ether oxygens (including phenoxy) is 3. The first-order valence-electron chi connectivity index (χ1n) is 27.0. The molecule has 0 N–H and O–H groups in total. The number of carbonyl (C=O) groups is 3. The van der Waals surface area contributed by atoms with Crippen LogP contribution in [0, 0.1) is 0 Å². The standard InChI is InChI=1S/C58H100O6/c1-4-7-10-13-16-19-22-25-28-29-31-33-36-39-42-45-48-51-57(60)63-54-55(53-62-56(59)50-47-44-41-38-35-32-27-24-21-18-15-12-9-6-3)64-58(61)52-49-46-43-40-37-34-30-26-23-20-17-14-11-8-5-2/h8-9,11-12,14,17-18,20-21,23,27,32,55H,4-7,10,13,15-16,19,22,24-26,28-31,33-54H2,1-3H3/b11-8-,12-9-,17-14-,21-18-,23-20-,32-27-. The van der Waals surface area contributed by atoms with Crippen LogP contribution in [0.5, 0.6) is 0 Å². The third-order valence-corrected chi connectivity index (χ3v) is 11.5. The van der Waals surface area contributed by atoms with Crippen molar-refractivity contribution in [3.63, 3.8) is 0 Å². The van der Waals surface area contributed by atoms with Crippen LogP contribution in [0.1, 0.15) is 258 Å². The highest BCUT2D eigenvalue weighted by Gasteiger charge is 2.19. The molecule has 0 amide bonds. The third-order valence-electron chi connectivity index (χ3n) is 11.5. The minimum absolute atomic E-state index is 0.0859. The number of allylic oxidation sites excluding steroid dienone is 12. The first-order valence-corrected chi connectivity index (χ1v) is 27.0. The topological polar surface area (TPSA) is 78.9 Å². The molecule has 0 aliphatic carbocycles. The Bertz CT molecular complexity index is 1210. The van der Waals surface area contributed by atoms with Crippen molar-refractivity contribution in [2.75, 3.05) is 13.2 Å². The van der Waals surface area contributed by atoms with Crippen LogP contribution in [-0.2, 0) is 28.6 Å². The normalized spacial score (nSPS) is 12.6. The Morgan fingerprint density at radius 2 is 0.688 bits per heavy atom. The second-order valence-electron chi connectivity index (χ2n) is 17.8. The number of rotatable bonds is 48. The quantitative estimate of drug-likeness (QED) is 0.0199. The molecule has 6 nitrogen and oxygen atoms in total. The Kier molecular flexibility index (Phi) is 49.9. The summed E-state index contributed by atoms with van der Waals surface area (Å²) in [6, 6.07) is 0. The first-order chi connectivity index (χ1) is 31.5.